The van der Waals surface area contributed by atoms with Crippen molar-refractivity contribution in [3.63, 3.8) is 0 Å². The molecule has 1 atom stereocenters. The minimum Gasteiger partial charge on any atom is -0.481 e. The summed E-state index contributed by atoms with van der Waals surface area (Å²) in [7, 11) is 0. The molecular weight excluding hydrogens is 272 g/mol. The monoisotopic (exact) mass is 284 g/mol. The van der Waals surface area contributed by atoms with Gasteiger partial charge in [-0.05, 0) is 30.0 Å². The molecular formula is C12H13BrO3. The minimum atomic E-state index is -1.08. The highest BCUT2D eigenvalue weighted by Gasteiger charge is 2.34. The molecule has 86 valence electrons. The van der Waals surface area contributed by atoms with Crippen molar-refractivity contribution >= 4 is 21.9 Å². The van der Waals surface area contributed by atoms with Gasteiger partial charge in [-0.15, -0.1) is 0 Å². The third-order valence-electron chi connectivity index (χ3n) is 3.06. The van der Waals surface area contributed by atoms with Crippen LogP contribution in [0.5, 0.6) is 0 Å². The lowest BCUT2D eigenvalue weighted by Gasteiger charge is -2.32. The Hall–Kier alpha value is -0.870. The smallest absolute Gasteiger partial charge is 0.306 e. The van der Waals surface area contributed by atoms with Crippen molar-refractivity contribution in [1.82, 2.24) is 0 Å². The number of carboxylic acid groups (broad SMARTS) is 1. The predicted molar refractivity (Wildman–Crippen MR) is 63.4 cm³/mol. The van der Waals surface area contributed by atoms with Gasteiger partial charge in [-0.2, -0.15) is 0 Å². The molecule has 1 unspecified atom stereocenters. The molecule has 1 aliphatic carbocycles. The van der Waals surface area contributed by atoms with E-state index in [1.54, 1.807) is 0 Å². The van der Waals surface area contributed by atoms with Crippen LogP contribution in [0.1, 0.15) is 24.0 Å². The van der Waals surface area contributed by atoms with Gasteiger partial charge < -0.3 is 10.2 Å². The number of hydrogen-bond acceptors (Lipinski definition) is 2. The molecule has 0 spiro atoms. The van der Waals surface area contributed by atoms with Crippen LogP contribution in [0.3, 0.4) is 0 Å². The second kappa shape index (κ2) is 4.18. The summed E-state index contributed by atoms with van der Waals surface area (Å²) >= 11 is 3.47. The second-order valence-electron chi connectivity index (χ2n) is 4.35. The zero-order chi connectivity index (χ0) is 11.8. The number of fused-ring (bicyclic) bond motifs is 1. The number of halogens is 1. The molecule has 0 heterocycles. The van der Waals surface area contributed by atoms with Crippen molar-refractivity contribution in [2.45, 2.75) is 31.3 Å². The number of benzene rings is 1. The van der Waals surface area contributed by atoms with E-state index in [-0.39, 0.29) is 6.42 Å². The van der Waals surface area contributed by atoms with E-state index in [9.17, 15) is 9.90 Å². The van der Waals surface area contributed by atoms with Crippen molar-refractivity contribution in [1.29, 1.82) is 0 Å². The molecule has 1 aromatic rings. The van der Waals surface area contributed by atoms with Crippen LogP contribution in [0.4, 0.5) is 0 Å². The van der Waals surface area contributed by atoms with E-state index in [0.29, 0.717) is 12.8 Å². The number of carbonyl (C=O) groups is 1. The summed E-state index contributed by atoms with van der Waals surface area (Å²) < 4.78 is 1.04. The normalized spacial score (nSPS) is 23.9. The third kappa shape index (κ3) is 2.28. The van der Waals surface area contributed by atoms with E-state index in [0.717, 1.165) is 16.5 Å². The zero-order valence-corrected chi connectivity index (χ0v) is 10.3. The number of carboxylic acids is 1. The Morgan fingerprint density at radius 1 is 1.50 bits per heavy atom. The molecule has 0 amide bonds. The van der Waals surface area contributed by atoms with Gasteiger partial charge in [0, 0.05) is 10.9 Å². The van der Waals surface area contributed by atoms with Gasteiger partial charge in [0.15, 0.2) is 0 Å². The van der Waals surface area contributed by atoms with Crippen molar-refractivity contribution in [3.05, 3.63) is 33.8 Å². The summed E-state index contributed by atoms with van der Waals surface area (Å²) in [5.41, 5.74) is 1.15. The van der Waals surface area contributed by atoms with E-state index in [1.807, 2.05) is 18.2 Å². The van der Waals surface area contributed by atoms with Gasteiger partial charge >= 0.3 is 5.97 Å². The molecule has 0 fully saturated rings. The highest BCUT2D eigenvalue weighted by molar-refractivity contribution is 9.10. The van der Waals surface area contributed by atoms with E-state index in [1.165, 1.54) is 5.56 Å². The summed E-state index contributed by atoms with van der Waals surface area (Å²) in [6.45, 7) is 0. The van der Waals surface area contributed by atoms with Gasteiger partial charge in [-0.1, -0.05) is 28.1 Å². The van der Waals surface area contributed by atoms with Crippen molar-refractivity contribution < 1.29 is 15.0 Å². The fourth-order valence-electron chi connectivity index (χ4n) is 2.28. The Kier molecular flexibility index (Phi) is 3.04. The highest BCUT2D eigenvalue weighted by Crippen LogP contribution is 2.34. The molecule has 2 rings (SSSR count). The molecule has 0 aliphatic heterocycles. The molecule has 0 aromatic heterocycles. The van der Waals surface area contributed by atoms with Crippen molar-refractivity contribution in [3.8, 4) is 0 Å². The number of aliphatic hydroxyl groups is 1. The highest BCUT2D eigenvalue weighted by atomic mass is 79.9. The molecule has 2 N–H and O–H groups in total. The fraction of sp³-hybridized carbons (Fsp3) is 0.417. The summed E-state index contributed by atoms with van der Waals surface area (Å²) in [6.07, 6.45) is 1.47. The van der Waals surface area contributed by atoms with Crippen LogP contribution in [0.2, 0.25) is 0 Å². The van der Waals surface area contributed by atoms with Gasteiger partial charge in [0.2, 0.25) is 0 Å². The largest absolute Gasteiger partial charge is 0.481 e. The third-order valence-corrected chi connectivity index (χ3v) is 3.80. The molecule has 1 aliphatic rings. The quantitative estimate of drug-likeness (QED) is 0.875. The first kappa shape index (κ1) is 11.6. The number of rotatable bonds is 2. The maximum atomic E-state index is 10.7. The Bertz CT molecular complexity index is 430. The number of aliphatic carboxylic acids is 1. The Morgan fingerprint density at radius 3 is 2.94 bits per heavy atom. The molecule has 0 radical (unpaired) electrons. The summed E-state index contributed by atoms with van der Waals surface area (Å²) in [4.78, 5) is 10.7. The van der Waals surface area contributed by atoms with Crippen LogP contribution in [0, 0.1) is 0 Å². The van der Waals surface area contributed by atoms with Crippen LogP contribution in [0.25, 0.3) is 0 Å². The van der Waals surface area contributed by atoms with Gasteiger partial charge in [-0.25, -0.2) is 0 Å². The maximum absolute atomic E-state index is 10.7. The molecule has 0 saturated heterocycles. The molecule has 1 aromatic carbocycles. The minimum absolute atomic E-state index is 0.182. The van der Waals surface area contributed by atoms with Crippen LogP contribution in [-0.4, -0.2) is 21.8 Å². The molecule has 16 heavy (non-hydrogen) atoms. The van der Waals surface area contributed by atoms with E-state index in [2.05, 4.69) is 15.9 Å². The molecule has 0 saturated carbocycles. The van der Waals surface area contributed by atoms with Crippen LogP contribution >= 0.6 is 15.9 Å². The van der Waals surface area contributed by atoms with Gasteiger partial charge in [0.25, 0.3) is 0 Å². The Labute approximate surface area is 102 Å². The molecule has 4 heteroatoms. The second-order valence-corrected chi connectivity index (χ2v) is 5.20. The number of hydrogen-bond donors (Lipinski definition) is 2. The standard InChI is InChI=1S/C12H13BrO3/c13-10-3-1-2-8-6-12(16,7-11(14)15)5-4-9(8)10/h1-3,16H,4-7H2,(H,14,15). The van der Waals surface area contributed by atoms with Crippen LogP contribution in [-0.2, 0) is 17.6 Å². The SMILES string of the molecule is O=C(O)CC1(O)CCc2c(Br)cccc2C1. The summed E-state index contributed by atoms with van der Waals surface area (Å²) in [5.74, 6) is -0.944. The van der Waals surface area contributed by atoms with Crippen LogP contribution < -0.4 is 0 Å². The van der Waals surface area contributed by atoms with E-state index < -0.39 is 11.6 Å². The van der Waals surface area contributed by atoms with Gasteiger partial charge in [-0.3, -0.25) is 4.79 Å². The lowest BCUT2D eigenvalue weighted by Crippen LogP contribution is -2.38. The topological polar surface area (TPSA) is 57.5 Å². The molecule has 3 nitrogen and oxygen atoms in total. The van der Waals surface area contributed by atoms with E-state index in [4.69, 9.17) is 5.11 Å². The Morgan fingerprint density at radius 2 is 2.25 bits per heavy atom. The average molecular weight is 285 g/mol. The van der Waals surface area contributed by atoms with Crippen molar-refractivity contribution in [2.75, 3.05) is 0 Å². The first-order valence-corrected chi connectivity index (χ1v) is 6.00. The lowest BCUT2D eigenvalue weighted by molar-refractivity contribution is -0.143. The van der Waals surface area contributed by atoms with E-state index >= 15 is 0 Å². The van der Waals surface area contributed by atoms with Gasteiger partial charge in [0.05, 0.1) is 12.0 Å². The zero-order valence-electron chi connectivity index (χ0n) is 8.74. The lowest BCUT2D eigenvalue weighted by atomic mass is 9.79. The fourth-order valence-corrected chi connectivity index (χ4v) is 2.89. The first-order valence-electron chi connectivity index (χ1n) is 5.21. The molecule has 0 bridgehead atoms. The maximum Gasteiger partial charge on any atom is 0.306 e. The summed E-state index contributed by atoms with van der Waals surface area (Å²) in [5, 5.41) is 18.9. The Balaban J connectivity index is 2.27. The summed E-state index contributed by atoms with van der Waals surface area (Å²) in [6, 6.07) is 5.84. The van der Waals surface area contributed by atoms with Crippen LogP contribution in [0.15, 0.2) is 22.7 Å². The average Bonchev–Trinajstić information content (AvgIpc) is 2.15. The van der Waals surface area contributed by atoms with Crippen molar-refractivity contribution in [2.24, 2.45) is 0 Å². The van der Waals surface area contributed by atoms with Gasteiger partial charge in [0.1, 0.15) is 0 Å². The first-order chi connectivity index (χ1) is 7.50. The predicted octanol–water partition coefficient (Wildman–Crippen LogP) is 2.14.